The highest BCUT2D eigenvalue weighted by molar-refractivity contribution is 5.53. The number of nitrogens with zero attached hydrogens (tertiary/aromatic N) is 3. The summed E-state index contributed by atoms with van der Waals surface area (Å²) >= 11 is 0. The maximum atomic E-state index is 7.72. The molecule has 36 valence electrons. The lowest BCUT2D eigenvalue weighted by Crippen LogP contribution is -1.90. The van der Waals surface area contributed by atoms with Crippen LogP contribution in [0, 0.1) is 17.0 Å². The molecule has 0 aliphatic carbocycles. The summed E-state index contributed by atoms with van der Waals surface area (Å²) < 4.78 is 0. The lowest BCUT2D eigenvalue weighted by Gasteiger charge is -1.71. The Labute approximate surface area is 40.1 Å². The molecule has 0 bridgehead atoms. The van der Waals surface area contributed by atoms with Gasteiger partial charge in [-0.2, -0.15) is 10.4 Å². The van der Waals surface area contributed by atoms with E-state index in [4.69, 9.17) is 10.8 Å². The zero-order valence-electron chi connectivity index (χ0n) is 3.42. The molecule has 0 aromatic carbocycles. The molecule has 0 atom stereocenters. The van der Waals surface area contributed by atoms with E-state index >= 15 is 0 Å². The monoisotopic (exact) mass is 97.0 g/mol. The fraction of sp³-hybridized carbons (Fsp3) is 0. The second-order valence-electron chi connectivity index (χ2n) is 0.597. The molecule has 0 aliphatic heterocycles. The van der Waals surface area contributed by atoms with Gasteiger partial charge in [0.25, 0.3) is 0 Å². The Kier molecular flexibility index (Phi) is 3.62. The number of hydrogen-bond acceptors (Lipinski definition) is 4. The Morgan fingerprint density at radius 2 is 2.57 bits per heavy atom. The van der Waals surface area contributed by atoms with Gasteiger partial charge in [0.1, 0.15) is 0 Å². The molecule has 0 rings (SSSR count). The number of rotatable bonds is 2. The average Bonchev–Trinajstić information content (AvgIpc) is 1.69. The summed E-state index contributed by atoms with van der Waals surface area (Å²) in [6.07, 6.45) is 2.43. The fourth-order valence-electron chi connectivity index (χ4n) is 0.0866. The van der Waals surface area contributed by atoms with Crippen molar-refractivity contribution in [1.29, 1.82) is 10.8 Å². The Bertz CT molecular complexity index is 108. The van der Waals surface area contributed by atoms with E-state index in [1.165, 1.54) is 6.19 Å². The largest absolute Gasteiger partial charge is 0.212 e. The van der Waals surface area contributed by atoms with E-state index in [9.17, 15) is 0 Å². The lowest BCUT2D eigenvalue weighted by molar-refractivity contribution is 0.980. The zero-order valence-corrected chi connectivity index (χ0v) is 3.42. The van der Waals surface area contributed by atoms with Crippen molar-refractivity contribution in [3.8, 4) is 6.19 Å². The van der Waals surface area contributed by atoms with Gasteiger partial charge in [0.2, 0.25) is 0 Å². The van der Waals surface area contributed by atoms with Gasteiger partial charge in [-0.15, -0.1) is 5.11 Å². The molecule has 0 radical (unpaired) electrons. The summed E-state index contributed by atoms with van der Waals surface area (Å²) in [5, 5.41) is 13.6. The van der Waals surface area contributed by atoms with Crippen molar-refractivity contribution in [1.82, 2.24) is 5.43 Å². The number of nitrogens with one attached hydrogen (secondary N) is 2. The first kappa shape index (κ1) is 5.56. The third-order valence-corrected chi connectivity index (χ3v) is 0.230. The van der Waals surface area contributed by atoms with Gasteiger partial charge >= 0.3 is 0 Å². The minimum atomic E-state index is 0.920. The van der Waals surface area contributed by atoms with Crippen molar-refractivity contribution in [3.63, 3.8) is 0 Å². The second kappa shape index (κ2) is 4.56. The molecule has 5 nitrogen and oxygen atoms in total. The first-order chi connectivity index (χ1) is 3.41. The van der Waals surface area contributed by atoms with E-state index in [1.54, 1.807) is 0 Å². The first-order valence-electron chi connectivity index (χ1n) is 1.44. The van der Waals surface area contributed by atoms with Crippen molar-refractivity contribution >= 4 is 6.34 Å². The highest BCUT2D eigenvalue weighted by Gasteiger charge is 1.58. The number of nitriles is 1. The molecular formula is C2H3N5. The average molecular weight is 97.1 g/mol. The Morgan fingerprint density at radius 3 is 3.00 bits per heavy atom. The topological polar surface area (TPSA) is 84.4 Å². The van der Waals surface area contributed by atoms with Crippen molar-refractivity contribution in [3.05, 3.63) is 0 Å². The highest BCUT2D eigenvalue weighted by Crippen LogP contribution is 1.52. The van der Waals surface area contributed by atoms with E-state index in [2.05, 4.69) is 10.2 Å². The molecule has 0 spiro atoms. The van der Waals surface area contributed by atoms with Crippen LogP contribution in [0.1, 0.15) is 0 Å². The molecular weight excluding hydrogens is 94.1 g/mol. The molecule has 7 heavy (non-hydrogen) atoms. The van der Waals surface area contributed by atoms with Gasteiger partial charge in [-0.1, -0.05) is 0 Å². The van der Waals surface area contributed by atoms with Gasteiger partial charge < -0.3 is 0 Å². The van der Waals surface area contributed by atoms with E-state index in [-0.39, 0.29) is 0 Å². The summed E-state index contributed by atoms with van der Waals surface area (Å²) in [7, 11) is 0. The van der Waals surface area contributed by atoms with Crippen molar-refractivity contribution in [2.24, 2.45) is 10.2 Å². The molecule has 2 N–H and O–H groups in total. The van der Waals surface area contributed by atoms with Crippen LogP contribution in [0.5, 0.6) is 0 Å². The maximum Gasteiger partial charge on any atom is 0.198 e. The molecule has 0 saturated heterocycles. The van der Waals surface area contributed by atoms with E-state index in [1.807, 2.05) is 5.43 Å². The van der Waals surface area contributed by atoms with Crippen molar-refractivity contribution in [2.75, 3.05) is 0 Å². The van der Waals surface area contributed by atoms with Gasteiger partial charge in [0.05, 0.1) is 0 Å². The summed E-state index contributed by atoms with van der Waals surface area (Å²) in [5.41, 5.74) is 8.02. The third-order valence-electron chi connectivity index (χ3n) is 0.230. The minimum Gasteiger partial charge on any atom is -0.212 e. The molecule has 0 saturated carbocycles. The van der Waals surface area contributed by atoms with Gasteiger partial charge in [-0.3, -0.25) is 0 Å². The standard InChI is InChI=1S/C2H3N5/c3-1-6-7-2-5-4/h2,4,6H/b5-4?,7-2+. The van der Waals surface area contributed by atoms with Gasteiger partial charge in [0.15, 0.2) is 12.5 Å². The molecule has 5 heteroatoms. The van der Waals surface area contributed by atoms with E-state index < -0.39 is 0 Å². The smallest absolute Gasteiger partial charge is 0.198 e. The Hall–Kier alpha value is -1.44. The Balaban J connectivity index is 3.13. The predicted molar refractivity (Wildman–Crippen MR) is 22.4 cm³/mol. The molecule has 0 aromatic heterocycles. The van der Waals surface area contributed by atoms with Gasteiger partial charge in [-0.05, 0) is 0 Å². The molecule has 0 aromatic rings. The van der Waals surface area contributed by atoms with Crippen LogP contribution in [-0.2, 0) is 0 Å². The lowest BCUT2D eigenvalue weighted by atomic mass is 11.3. The summed E-state index contributed by atoms with van der Waals surface area (Å²) in [4.78, 5) is 0. The third kappa shape index (κ3) is 4.56. The predicted octanol–water partition coefficient (Wildman–Crippen LogP) is 0.0313. The van der Waals surface area contributed by atoms with Crippen LogP contribution < -0.4 is 5.43 Å². The van der Waals surface area contributed by atoms with Crippen LogP contribution in [-0.4, -0.2) is 6.34 Å². The van der Waals surface area contributed by atoms with Crippen molar-refractivity contribution in [2.45, 2.75) is 0 Å². The van der Waals surface area contributed by atoms with Crippen LogP contribution in [0.2, 0.25) is 0 Å². The second-order valence-corrected chi connectivity index (χ2v) is 0.597. The first-order valence-corrected chi connectivity index (χ1v) is 1.44. The van der Waals surface area contributed by atoms with Gasteiger partial charge in [-0.25, -0.2) is 11.0 Å². The summed E-state index contributed by atoms with van der Waals surface area (Å²) in [6.45, 7) is 0. The summed E-state index contributed by atoms with van der Waals surface area (Å²) in [5.74, 6) is 0. The molecule has 0 fully saturated rings. The quantitative estimate of drug-likeness (QED) is 0.127. The van der Waals surface area contributed by atoms with E-state index in [0.29, 0.717) is 0 Å². The van der Waals surface area contributed by atoms with Crippen LogP contribution >= 0.6 is 0 Å². The molecule has 0 unspecified atom stereocenters. The molecule has 0 amide bonds. The number of hydrazone groups is 1. The van der Waals surface area contributed by atoms with Crippen LogP contribution in [0.3, 0.4) is 0 Å². The zero-order chi connectivity index (χ0) is 5.54. The van der Waals surface area contributed by atoms with E-state index in [0.717, 1.165) is 6.34 Å². The molecule has 0 heterocycles. The van der Waals surface area contributed by atoms with Gasteiger partial charge in [0, 0.05) is 0 Å². The van der Waals surface area contributed by atoms with Crippen LogP contribution in [0.25, 0.3) is 0 Å². The highest BCUT2D eigenvalue weighted by atomic mass is 15.3. The normalized spacial score (nSPS) is 7.86. The Morgan fingerprint density at radius 1 is 1.86 bits per heavy atom. The SMILES string of the molecule is N#CN/N=C/N=N. The summed E-state index contributed by atoms with van der Waals surface area (Å²) in [6, 6.07) is 0. The fourth-order valence-corrected chi connectivity index (χ4v) is 0.0866. The minimum absolute atomic E-state index is 0.920. The van der Waals surface area contributed by atoms with Crippen LogP contribution in [0.15, 0.2) is 10.2 Å². The molecule has 0 aliphatic rings. The maximum absolute atomic E-state index is 7.72. The number of hydrogen-bond donors (Lipinski definition) is 2. The van der Waals surface area contributed by atoms with Crippen LogP contribution in [0.4, 0.5) is 0 Å². The van der Waals surface area contributed by atoms with Crippen molar-refractivity contribution < 1.29 is 0 Å².